The van der Waals surface area contributed by atoms with Crippen molar-refractivity contribution >= 4 is 0 Å². The molecule has 0 heterocycles. The smallest absolute Gasteiger partial charge is 0.00247 e. The van der Waals surface area contributed by atoms with Gasteiger partial charge in [0.25, 0.3) is 0 Å². The van der Waals surface area contributed by atoms with Gasteiger partial charge in [0.1, 0.15) is 0 Å². The van der Waals surface area contributed by atoms with E-state index >= 15 is 0 Å². The molecule has 4 unspecified atom stereocenters. The Bertz CT molecular complexity index is 488. The third-order valence-electron chi connectivity index (χ3n) is 5.84. The summed E-state index contributed by atoms with van der Waals surface area (Å²) in [7, 11) is 0. The van der Waals surface area contributed by atoms with E-state index in [1.807, 2.05) is 0 Å². The van der Waals surface area contributed by atoms with Crippen molar-refractivity contribution in [2.24, 2.45) is 23.2 Å². The summed E-state index contributed by atoms with van der Waals surface area (Å²) in [5.41, 5.74) is 4.91. The van der Waals surface area contributed by atoms with Crippen LogP contribution < -0.4 is 0 Å². The normalized spacial score (nSPS) is 46.4. The lowest BCUT2D eigenvalue weighted by Gasteiger charge is -2.47. The summed E-state index contributed by atoms with van der Waals surface area (Å²) in [6.07, 6.45) is 15.0. The van der Waals surface area contributed by atoms with E-state index < -0.39 is 0 Å². The molecule has 0 amide bonds. The average molecular weight is 224 g/mol. The molecule has 4 aliphatic carbocycles. The van der Waals surface area contributed by atoms with E-state index in [-0.39, 0.29) is 0 Å². The predicted octanol–water partition coefficient (Wildman–Crippen LogP) is 4.42. The Hall–Kier alpha value is -1.04. The third-order valence-corrected chi connectivity index (χ3v) is 5.84. The van der Waals surface area contributed by atoms with Crippen LogP contribution in [0.5, 0.6) is 0 Å². The van der Waals surface area contributed by atoms with Crippen molar-refractivity contribution in [2.75, 3.05) is 0 Å². The van der Waals surface area contributed by atoms with Crippen molar-refractivity contribution < 1.29 is 0 Å². The van der Waals surface area contributed by atoms with E-state index in [4.69, 9.17) is 0 Å². The SMILES string of the molecule is C=C1C2=CCCC=C2CC2C3C=CC(C3)C12C. The summed E-state index contributed by atoms with van der Waals surface area (Å²) in [6.45, 7) is 6.96. The van der Waals surface area contributed by atoms with E-state index in [2.05, 4.69) is 37.8 Å². The lowest BCUT2D eigenvalue weighted by atomic mass is 9.57. The Morgan fingerprint density at radius 1 is 1.24 bits per heavy atom. The van der Waals surface area contributed by atoms with Gasteiger partial charge in [0.15, 0.2) is 0 Å². The Morgan fingerprint density at radius 3 is 2.94 bits per heavy atom. The number of fused-ring (bicyclic) bond motifs is 6. The topological polar surface area (TPSA) is 0 Å². The maximum absolute atomic E-state index is 4.49. The quantitative estimate of drug-likeness (QED) is 0.534. The summed E-state index contributed by atoms with van der Waals surface area (Å²) >= 11 is 0. The largest absolute Gasteiger partial charge is 0.0946 e. The molecular weight excluding hydrogens is 204 g/mol. The zero-order valence-corrected chi connectivity index (χ0v) is 10.6. The van der Waals surface area contributed by atoms with Crippen molar-refractivity contribution in [3.63, 3.8) is 0 Å². The minimum Gasteiger partial charge on any atom is -0.0946 e. The number of allylic oxidation sites excluding steroid dienone is 7. The molecule has 0 heteroatoms. The van der Waals surface area contributed by atoms with Crippen molar-refractivity contribution in [1.29, 1.82) is 0 Å². The van der Waals surface area contributed by atoms with Crippen molar-refractivity contribution in [2.45, 2.75) is 32.6 Å². The maximum Gasteiger partial charge on any atom is 0.00247 e. The number of hydrogen-bond donors (Lipinski definition) is 0. The van der Waals surface area contributed by atoms with Crippen LogP contribution in [-0.4, -0.2) is 0 Å². The van der Waals surface area contributed by atoms with E-state index in [1.165, 1.54) is 36.8 Å². The van der Waals surface area contributed by atoms with Gasteiger partial charge in [0.2, 0.25) is 0 Å². The summed E-state index contributed by atoms with van der Waals surface area (Å²) < 4.78 is 0. The fourth-order valence-corrected chi connectivity index (χ4v) is 4.76. The molecule has 88 valence electrons. The Balaban J connectivity index is 1.86. The fraction of sp³-hybridized carbons (Fsp3) is 0.529. The van der Waals surface area contributed by atoms with E-state index in [0.29, 0.717) is 5.41 Å². The second kappa shape index (κ2) is 3.04. The van der Waals surface area contributed by atoms with Crippen LogP contribution in [0.2, 0.25) is 0 Å². The highest BCUT2D eigenvalue weighted by Gasteiger charge is 2.56. The lowest BCUT2D eigenvalue weighted by Crippen LogP contribution is -2.38. The first kappa shape index (κ1) is 9.94. The molecular formula is C17H20. The molecule has 2 bridgehead atoms. The third kappa shape index (κ3) is 1.05. The first-order chi connectivity index (χ1) is 8.21. The fourth-order valence-electron chi connectivity index (χ4n) is 4.76. The number of rotatable bonds is 0. The van der Waals surface area contributed by atoms with Crippen LogP contribution in [0.1, 0.15) is 32.6 Å². The van der Waals surface area contributed by atoms with Gasteiger partial charge in [-0.2, -0.15) is 0 Å². The first-order valence-electron chi connectivity index (χ1n) is 6.99. The second-order valence-electron chi connectivity index (χ2n) is 6.39. The van der Waals surface area contributed by atoms with E-state index in [1.54, 1.807) is 5.57 Å². The van der Waals surface area contributed by atoms with Gasteiger partial charge >= 0.3 is 0 Å². The molecule has 0 saturated heterocycles. The second-order valence-corrected chi connectivity index (χ2v) is 6.39. The van der Waals surface area contributed by atoms with Gasteiger partial charge in [-0.15, -0.1) is 0 Å². The van der Waals surface area contributed by atoms with Crippen LogP contribution in [0.3, 0.4) is 0 Å². The molecule has 4 aliphatic rings. The van der Waals surface area contributed by atoms with Gasteiger partial charge in [-0.3, -0.25) is 0 Å². The van der Waals surface area contributed by atoms with Crippen LogP contribution in [0.4, 0.5) is 0 Å². The summed E-state index contributed by atoms with van der Waals surface area (Å²) in [5.74, 6) is 2.41. The molecule has 0 aromatic heterocycles. The molecule has 0 aliphatic heterocycles. The van der Waals surface area contributed by atoms with E-state index in [0.717, 1.165) is 17.8 Å². The molecule has 4 rings (SSSR count). The van der Waals surface area contributed by atoms with Gasteiger partial charge < -0.3 is 0 Å². The van der Waals surface area contributed by atoms with Crippen LogP contribution in [0, 0.1) is 23.2 Å². The molecule has 0 aromatic carbocycles. The van der Waals surface area contributed by atoms with E-state index in [9.17, 15) is 0 Å². The van der Waals surface area contributed by atoms with Crippen LogP contribution >= 0.6 is 0 Å². The van der Waals surface area contributed by atoms with Gasteiger partial charge in [-0.1, -0.05) is 37.8 Å². The average Bonchev–Trinajstić information content (AvgIpc) is 2.92. The van der Waals surface area contributed by atoms with Gasteiger partial charge in [0, 0.05) is 5.41 Å². The van der Waals surface area contributed by atoms with Crippen molar-refractivity contribution in [1.82, 2.24) is 0 Å². The molecule has 0 spiro atoms. The summed E-state index contributed by atoms with van der Waals surface area (Å²) in [6, 6.07) is 0. The zero-order valence-electron chi connectivity index (χ0n) is 10.6. The summed E-state index contributed by atoms with van der Waals surface area (Å²) in [4.78, 5) is 0. The molecule has 0 N–H and O–H groups in total. The Kier molecular flexibility index (Phi) is 1.78. The zero-order chi connectivity index (χ0) is 11.6. The highest BCUT2D eigenvalue weighted by atomic mass is 14.6. The highest BCUT2D eigenvalue weighted by molar-refractivity contribution is 5.55. The lowest BCUT2D eigenvalue weighted by molar-refractivity contribution is 0.205. The van der Waals surface area contributed by atoms with Gasteiger partial charge in [0.05, 0.1) is 0 Å². The standard InChI is InChI=1S/C17H20/c1-11-15-6-4-3-5-12(15)10-16-13-7-8-14(9-13)17(11,16)2/h5-8,13-14,16H,1,3-4,9-10H2,2H3. The monoisotopic (exact) mass is 224 g/mol. The molecule has 4 atom stereocenters. The number of hydrogen-bond acceptors (Lipinski definition) is 0. The Morgan fingerprint density at radius 2 is 2.06 bits per heavy atom. The Labute approximate surface area is 104 Å². The molecule has 0 aromatic rings. The maximum atomic E-state index is 4.49. The van der Waals surface area contributed by atoms with Crippen molar-refractivity contribution in [3.8, 4) is 0 Å². The molecule has 0 nitrogen and oxygen atoms in total. The van der Waals surface area contributed by atoms with Crippen LogP contribution in [0.15, 0.2) is 47.6 Å². The van der Waals surface area contributed by atoms with Crippen molar-refractivity contribution in [3.05, 3.63) is 47.6 Å². The minimum atomic E-state index is 0.361. The first-order valence-corrected chi connectivity index (χ1v) is 6.99. The van der Waals surface area contributed by atoms with Crippen LogP contribution in [-0.2, 0) is 0 Å². The van der Waals surface area contributed by atoms with Gasteiger partial charge in [-0.05, 0) is 60.2 Å². The predicted molar refractivity (Wildman–Crippen MR) is 71.5 cm³/mol. The van der Waals surface area contributed by atoms with Crippen LogP contribution in [0.25, 0.3) is 0 Å². The molecule has 2 fully saturated rings. The summed E-state index contributed by atoms with van der Waals surface area (Å²) in [5, 5.41) is 0. The molecule has 2 saturated carbocycles. The molecule has 17 heavy (non-hydrogen) atoms. The van der Waals surface area contributed by atoms with Gasteiger partial charge in [-0.25, -0.2) is 0 Å². The minimum absolute atomic E-state index is 0.361. The molecule has 0 radical (unpaired) electrons. The highest BCUT2D eigenvalue weighted by Crippen LogP contribution is 2.65.